The number of nitrogens with zero attached hydrogens (tertiary/aromatic N) is 4. The Morgan fingerprint density at radius 3 is 2.54 bits per heavy atom. The van der Waals surface area contributed by atoms with Gasteiger partial charge < -0.3 is 4.90 Å². The van der Waals surface area contributed by atoms with E-state index in [-0.39, 0.29) is 18.1 Å². The minimum absolute atomic E-state index is 0.0118. The van der Waals surface area contributed by atoms with Crippen molar-refractivity contribution < 1.29 is 9.59 Å². The highest BCUT2D eigenvalue weighted by Crippen LogP contribution is 2.30. The summed E-state index contributed by atoms with van der Waals surface area (Å²) in [4.78, 5) is 30.2. The molecule has 0 aliphatic heterocycles. The fourth-order valence-electron chi connectivity index (χ4n) is 2.84. The lowest BCUT2D eigenvalue weighted by Crippen LogP contribution is -2.24. The fraction of sp³-hybridized carbons (Fsp3) is 0.238. The van der Waals surface area contributed by atoms with E-state index < -0.39 is 0 Å². The van der Waals surface area contributed by atoms with Crippen LogP contribution in [0.4, 0.5) is 5.69 Å². The average molecular weight is 397 g/mol. The normalized spacial score (nSPS) is 10.7. The molecule has 0 fully saturated rings. The second kappa shape index (κ2) is 8.35. The maximum Gasteiger partial charge on any atom is 0.226 e. The van der Waals surface area contributed by atoms with Crippen LogP contribution in [0.1, 0.15) is 29.4 Å². The Morgan fingerprint density at radius 2 is 1.96 bits per heavy atom. The molecule has 0 aliphatic rings. The van der Waals surface area contributed by atoms with Gasteiger partial charge in [0.25, 0.3) is 0 Å². The maximum absolute atomic E-state index is 12.4. The molecule has 2 aromatic heterocycles. The summed E-state index contributed by atoms with van der Waals surface area (Å²) in [5, 5.41) is 4.72. The lowest BCUT2D eigenvalue weighted by atomic mass is 10.1. The highest BCUT2D eigenvalue weighted by atomic mass is 35.5. The van der Waals surface area contributed by atoms with Crippen LogP contribution in [0.3, 0.4) is 0 Å². The zero-order chi connectivity index (χ0) is 20.3. The summed E-state index contributed by atoms with van der Waals surface area (Å²) in [7, 11) is 3.53. The van der Waals surface area contributed by atoms with E-state index in [9.17, 15) is 9.59 Å². The van der Waals surface area contributed by atoms with Gasteiger partial charge in [0.1, 0.15) is 0 Å². The minimum atomic E-state index is -0.0427. The van der Waals surface area contributed by atoms with Gasteiger partial charge in [0.15, 0.2) is 5.78 Å². The Labute approximate surface area is 168 Å². The van der Waals surface area contributed by atoms with Gasteiger partial charge in [0.2, 0.25) is 5.91 Å². The van der Waals surface area contributed by atoms with Crippen LogP contribution in [-0.2, 0) is 18.3 Å². The number of rotatable bonds is 6. The third kappa shape index (κ3) is 4.28. The van der Waals surface area contributed by atoms with Crippen molar-refractivity contribution in [2.24, 2.45) is 7.05 Å². The number of anilines is 1. The highest BCUT2D eigenvalue weighted by molar-refractivity contribution is 6.33. The van der Waals surface area contributed by atoms with Crippen molar-refractivity contribution in [1.82, 2.24) is 14.8 Å². The largest absolute Gasteiger partial charge is 0.315 e. The van der Waals surface area contributed by atoms with Gasteiger partial charge in [-0.05, 0) is 36.4 Å². The van der Waals surface area contributed by atoms with E-state index in [1.54, 1.807) is 47.2 Å². The van der Waals surface area contributed by atoms with Crippen molar-refractivity contribution in [3.8, 4) is 11.3 Å². The summed E-state index contributed by atoms with van der Waals surface area (Å²) >= 11 is 6.41. The topological polar surface area (TPSA) is 68.1 Å². The Bertz CT molecular complexity index is 1010. The summed E-state index contributed by atoms with van der Waals surface area (Å²) in [5.74, 6) is -0.0309. The van der Waals surface area contributed by atoms with Gasteiger partial charge in [0, 0.05) is 49.7 Å². The summed E-state index contributed by atoms with van der Waals surface area (Å²) in [6.07, 6.45) is 4.01. The van der Waals surface area contributed by atoms with Crippen LogP contribution in [0, 0.1) is 0 Å². The molecular formula is C21H21ClN4O2. The SMILES string of the molecule is CCC(=O)N(C)c1ccc(-c2ccc(C(=O)Cc3ccn(C)n3)cn2)c(Cl)c1. The number of halogens is 1. The fourth-order valence-corrected chi connectivity index (χ4v) is 3.12. The zero-order valence-corrected chi connectivity index (χ0v) is 16.8. The summed E-state index contributed by atoms with van der Waals surface area (Å²) in [5.41, 5.74) is 3.38. The van der Waals surface area contributed by atoms with Crippen LogP contribution in [0.5, 0.6) is 0 Å². The Balaban J connectivity index is 1.77. The number of ketones is 1. The van der Waals surface area contributed by atoms with E-state index in [2.05, 4.69) is 10.1 Å². The first-order valence-electron chi connectivity index (χ1n) is 8.93. The molecule has 0 unspecified atom stereocenters. The van der Waals surface area contributed by atoms with Crippen molar-refractivity contribution in [3.63, 3.8) is 0 Å². The lowest BCUT2D eigenvalue weighted by molar-refractivity contribution is -0.118. The molecular weight excluding hydrogens is 376 g/mol. The molecule has 0 atom stereocenters. The van der Waals surface area contributed by atoms with E-state index in [4.69, 9.17) is 11.6 Å². The van der Waals surface area contributed by atoms with Gasteiger partial charge in [0.05, 0.1) is 22.8 Å². The summed E-state index contributed by atoms with van der Waals surface area (Å²) in [6.45, 7) is 1.81. The number of aryl methyl sites for hydroxylation is 1. The molecule has 0 aliphatic carbocycles. The van der Waals surface area contributed by atoms with E-state index in [0.29, 0.717) is 22.7 Å². The van der Waals surface area contributed by atoms with E-state index in [1.807, 2.05) is 32.2 Å². The number of pyridine rings is 1. The Hall–Kier alpha value is -2.99. The van der Waals surface area contributed by atoms with Crippen LogP contribution in [0.2, 0.25) is 5.02 Å². The van der Waals surface area contributed by atoms with Gasteiger partial charge in [-0.15, -0.1) is 0 Å². The van der Waals surface area contributed by atoms with Gasteiger partial charge >= 0.3 is 0 Å². The number of Topliss-reactive ketones (excluding diaryl/α,β-unsaturated/α-hetero) is 1. The molecule has 0 spiro atoms. The van der Waals surface area contributed by atoms with Crippen LogP contribution >= 0.6 is 11.6 Å². The minimum Gasteiger partial charge on any atom is -0.315 e. The van der Waals surface area contributed by atoms with Gasteiger partial charge in [-0.3, -0.25) is 19.3 Å². The predicted molar refractivity (Wildman–Crippen MR) is 110 cm³/mol. The van der Waals surface area contributed by atoms with Crippen LogP contribution in [-0.4, -0.2) is 33.5 Å². The van der Waals surface area contributed by atoms with E-state index in [0.717, 1.165) is 16.9 Å². The second-order valence-electron chi connectivity index (χ2n) is 6.48. The van der Waals surface area contributed by atoms with Crippen LogP contribution in [0.25, 0.3) is 11.3 Å². The molecule has 1 amide bonds. The molecule has 144 valence electrons. The van der Waals surface area contributed by atoms with Gasteiger partial charge in [-0.2, -0.15) is 5.10 Å². The number of hydrogen-bond donors (Lipinski definition) is 0. The molecule has 0 N–H and O–H groups in total. The van der Waals surface area contributed by atoms with Crippen molar-refractivity contribution in [1.29, 1.82) is 0 Å². The summed E-state index contributed by atoms with van der Waals surface area (Å²) < 4.78 is 1.67. The number of amides is 1. The van der Waals surface area contributed by atoms with Crippen LogP contribution in [0.15, 0.2) is 48.8 Å². The molecule has 0 radical (unpaired) electrons. The molecule has 6 nitrogen and oxygen atoms in total. The number of carbonyl (C=O) groups is 2. The molecule has 3 aromatic rings. The number of aromatic nitrogens is 3. The quantitative estimate of drug-likeness (QED) is 0.592. The first kappa shape index (κ1) is 19.8. The van der Waals surface area contributed by atoms with E-state index >= 15 is 0 Å². The molecule has 0 saturated carbocycles. The molecule has 2 heterocycles. The third-order valence-corrected chi connectivity index (χ3v) is 4.80. The Kier molecular flexibility index (Phi) is 5.90. The average Bonchev–Trinajstić information content (AvgIpc) is 3.11. The number of benzene rings is 1. The number of hydrogen-bond acceptors (Lipinski definition) is 4. The lowest BCUT2D eigenvalue weighted by Gasteiger charge is -2.17. The van der Waals surface area contributed by atoms with Crippen molar-refractivity contribution in [2.75, 3.05) is 11.9 Å². The monoisotopic (exact) mass is 396 g/mol. The van der Waals surface area contributed by atoms with Crippen LogP contribution < -0.4 is 4.90 Å². The molecule has 0 bridgehead atoms. The Morgan fingerprint density at radius 1 is 1.18 bits per heavy atom. The third-order valence-electron chi connectivity index (χ3n) is 4.49. The molecule has 28 heavy (non-hydrogen) atoms. The molecule has 1 aromatic carbocycles. The summed E-state index contributed by atoms with van der Waals surface area (Å²) in [6, 6.07) is 10.7. The van der Waals surface area contributed by atoms with E-state index in [1.165, 1.54) is 0 Å². The van der Waals surface area contributed by atoms with Gasteiger partial charge in [-0.1, -0.05) is 18.5 Å². The second-order valence-corrected chi connectivity index (χ2v) is 6.89. The molecule has 7 heteroatoms. The van der Waals surface area contributed by atoms with Crippen molar-refractivity contribution >= 4 is 29.0 Å². The standard InChI is InChI=1S/C21H21ClN4O2/c1-4-21(28)26(3)16-6-7-17(18(22)12-16)19-8-5-14(13-23-19)20(27)11-15-9-10-25(2)24-15/h5-10,12-13H,4,11H2,1-3H3. The zero-order valence-electron chi connectivity index (χ0n) is 16.0. The predicted octanol–water partition coefficient (Wildman–Crippen LogP) is 3.93. The van der Waals surface area contributed by atoms with Crippen molar-refractivity contribution in [3.05, 3.63) is 65.1 Å². The molecule has 0 saturated heterocycles. The van der Waals surface area contributed by atoms with Crippen molar-refractivity contribution in [2.45, 2.75) is 19.8 Å². The molecule has 3 rings (SSSR count). The maximum atomic E-state index is 12.4. The van der Waals surface area contributed by atoms with Gasteiger partial charge in [-0.25, -0.2) is 0 Å². The first-order valence-corrected chi connectivity index (χ1v) is 9.31. The first-order chi connectivity index (χ1) is 13.4. The highest BCUT2D eigenvalue weighted by Gasteiger charge is 2.14. The smallest absolute Gasteiger partial charge is 0.226 e. The number of carbonyl (C=O) groups excluding carboxylic acids is 2.